The number of carbonyl (C=O) groups excluding carboxylic acids is 1. The van der Waals surface area contributed by atoms with Gasteiger partial charge in [-0.2, -0.15) is 11.8 Å². The molecule has 1 amide bonds. The molecule has 0 aliphatic carbocycles. The summed E-state index contributed by atoms with van der Waals surface area (Å²) in [5, 5.41) is 3.07. The molecule has 0 aromatic heterocycles. The first-order chi connectivity index (χ1) is 14.7. The van der Waals surface area contributed by atoms with E-state index in [0.717, 1.165) is 28.4 Å². The van der Waals surface area contributed by atoms with Crippen molar-refractivity contribution in [1.29, 1.82) is 0 Å². The van der Waals surface area contributed by atoms with Crippen molar-refractivity contribution in [2.75, 3.05) is 19.4 Å². The SMILES string of the molecule is COc1ccc(/C=C(/C(=O)NCCSCc2cccc(C)c2)c2ccccc2)cc1. The van der Waals surface area contributed by atoms with Crippen molar-refractivity contribution in [2.24, 2.45) is 0 Å². The Morgan fingerprint density at radius 1 is 1.00 bits per heavy atom. The van der Waals surface area contributed by atoms with E-state index in [4.69, 9.17) is 4.74 Å². The van der Waals surface area contributed by atoms with Crippen molar-refractivity contribution in [3.05, 3.63) is 101 Å². The summed E-state index contributed by atoms with van der Waals surface area (Å²) in [6, 6.07) is 26.0. The van der Waals surface area contributed by atoms with Gasteiger partial charge in [0.15, 0.2) is 0 Å². The van der Waals surface area contributed by atoms with E-state index in [1.54, 1.807) is 7.11 Å². The number of hydrogen-bond donors (Lipinski definition) is 1. The summed E-state index contributed by atoms with van der Waals surface area (Å²) in [6.45, 7) is 2.73. The van der Waals surface area contributed by atoms with Crippen LogP contribution in [0, 0.1) is 6.92 Å². The van der Waals surface area contributed by atoms with Crippen LogP contribution in [0.25, 0.3) is 11.6 Å². The number of nitrogens with one attached hydrogen (secondary N) is 1. The van der Waals surface area contributed by atoms with Gasteiger partial charge in [0.2, 0.25) is 0 Å². The van der Waals surface area contributed by atoms with E-state index < -0.39 is 0 Å². The summed E-state index contributed by atoms with van der Waals surface area (Å²) in [5.74, 6) is 2.55. The maximum atomic E-state index is 12.9. The highest BCUT2D eigenvalue weighted by Gasteiger charge is 2.11. The van der Waals surface area contributed by atoms with Gasteiger partial charge in [-0.05, 0) is 41.8 Å². The van der Waals surface area contributed by atoms with E-state index in [1.807, 2.05) is 72.4 Å². The zero-order valence-corrected chi connectivity index (χ0v) is 18.2. The van der Waals surface area contributed by atoms with Crippen LogP contribution in [0.5, 0.6) is 5.75 Å². The average Bonchev–Trinajstić information content (AvgIpc) is 2.78. The third-order valence-electron chi connectivity index (χ3n) is 4.64. The second-order valence-electron chi connectivity index (χ2n) is 6.99. The van der Waals surface area contributed by atoms with E-state index in [1.165, 1.54) is 11.1 Å². The van der Waals surface area contributed by atoms with Crippen LogP contribution in [0.15, 0.2) is 78.9 Å². The first-order valence-electron chi connectivity index (χ1n) is 9.98. The first-order valence-corrected chi connectivity index (χ1v) is 11.1. The summed E-state index contributed by atoms with van der Waals surface area (Å²) in [7, 11) is 1.64. The van der Waals surface area contributed by atoms with Crippen LogP contribution in [0.3, 0.4) is 0 Å². The van der Waals surface area contributed by atoms with Gasteiger partial charge in [0.25, 0.3) is 5.91 Å². The first kappa shape index (κ1) is 21.7. The van der Waals surface area contributed by atoms with Crippen LogP contribution in [-0.4, -0.2) is 25.3 Å². The lowest BCUT2D eigenvalue weighted by atomic mass is 10.0. The fourth-order valence-electron chi connectivity index (χ4n) is 3.09. The van der Waals surface area contributed by atoms with Crippen molar-refractivity contribution in [1.82, 2.24) is 5.32 Å². The molecule has 3 rings (SSSR count). The average molecular weight is 418 g/mol. The molecule has 0 bridgehead atoms. The lowest BCUT2D eigenvalue weighted by Gasteiger charge is -2.10. The Labute approximate surface area is 183 Å². The predicted molar refractivity (Wildman–Crippen MR) is 128 cm³/mol. The molecule has 0 aliphatic heterocycles. The molecule has 154 valence electrons. The molecule has 0 aliphatic rings. The number of rotatable bonds is 9. The number of amides is 1. The lowest BCUT2D eigenvalue weighted by molar-refractivity contribution is -0.115. The molecule has 30 heavy (non-hydrogen) atoms. The second-order valence-corrected chi connectivity index (χ2v) is 8.10. The summed E-state index contributed by atoms with van der Waals surface area (Å²) < 4.78 is 5.22. The van der Waals surface area contributed by atoms with Crippen LogP contribution < -0.4 is 10.1 Å². The Balaban J connectivity index is 1.61. The monoisotopic (exact) mass is 417 g/mol. The van der Waals surface area contributed by atoms with Gasteiger partial charge >= 0.3 is 0 Å². The molecular formula is C26H27NO2S. The second kappa shape index (κ2) is 11.3. The van der Waals surface area contributed by atoms with Crippen LogP contribution in [0.2, 0.25) is 0 Å². The third-order valence-corrected chi connectivity index (χ3v) is 5.67. The topological polar surface area (TPSA) is 38.3 Å². The van der Waals surface area contributed by atoms with E-state index in [-0.39, 0.29) is 5.91 Å². The Morgan fingerprint density at radius 2 is 1.77 bits per heavy atom. The molecule has 3 aromatic carbocycles. The number of aryl methyl sites for hydroxylation is 1. The van der Waals surface area contributed by atoms with Gasteiger partial charge in [-0.1, -0.05) is 72.3 Å². The number of thioether (sulfide) groups is 1. The molecule has 3 nitrogen and oxygen atoms in total. The summed E-state index contributed by atoms with van der Waals surface area (Å²) in [6.07, 6.45) is 1.92. The quantitative estimate of drug-likeness (QED) is 0.280. The fraction of sp³-hybridized carbons (Fsp3) is 0.192. The van der Waals surface area contributed by atoms with E-state index >= 15 is 0 Å². The summed E-state index contributed by atoms with van der Waals surface area (Å²) in [4.78, 5) is 12.9. The molecular weight excluding hydrogens is 390 g/mol. The van der Waals surface area contributed by atoms with E-state index in [2.05, 4.69) is 36.5 Å². The number of ether oxygens (including phenoxy) is 1. The van der Waals surface area contributed by atoms with E-state index in [0.29, 0.717) is 12.1 Å². The molecule has 3 aromatic rings. The number of benzene rings is 3. The maximum absolute atomic E-state index is 12.9. The smallest absolute Gasteiger partial charge is 0.251 e. The zero-order valence-electron chi connectivity index (χ0n) is 17.4. The van der Waals surface area contributed by atoms with Gasteiger partial charge < -0.3 is 10.1 Å². The van der Waals surface area contributed by atoms with Crippen molar-refractivity contribution < 1.29 is 9.53 Å². The minimum atomic E-state index is -0.0619. The molecule has 4 heteroatoms. The normalized spacial score (nSPS) is 11.2. The van der Waals surface area contributed by atoms with Gasteiger partial charge in [0.1, 0.15) is 5.75 Å². The number of carbonyl (C=O) groups is 1. The largest absolute Gasteiger partial charge is 0.497 e. The Morgan fingerprint density at radius 3 is 2.47 bits per heavy atom. The van der Waals surface area contributed by atoms with Crippen LogP contribution in [0.4, 0.5) is 0 Å². The molecule has 1 N–H and O–H groups in total. The minimum absolute atomic E-state index is 0.0619. The van der Waals surface area contributed by atoms with Crippen molar-refractivity contribution in [3.8, 4) is 5.75 Å². The van der Waals surface area contributed by atoms with Gasteiger partial charge in [-0.15, -0.1) is 0 Å². The van der Waals surface area contributed by atoms with Gasteiger partial charge in [0, 0.05) is 23.6 Å². The summed E-state index contributed by atoms with van der Waals surface area (Å²) >= 11 is 1.82. The molecule has 0 heterocycles. The van der Waals surface area contributed by atoms with Crippen LogP contribution in [-0.2, 0) is 10.5 Å². The highest BCUT2D eigenvalue weighted by Crippen LogP contribution is 2.20. The number of hydrogen-bond acceptors (Lipinski definition) is 3. The highest BCUT2D eigenvalue weighted by atomic mass is 32.2. The Hall–Kier alpha value is -2.98. The van der Waals surface area contributed by atoms with Crippen LogP contribution >= 0.6 is 11.8 Å². The molecule has 0 radical (unpaired) electrons. The lowest BCUT2D eigenvalue weighted by Crippen LogP contribution is -2.26. The predicted octanol–water partition coefficient (Wildman–Crippen LogP) is 5.59. The third kappa shape index (κ3) is 6.53. The minimum Gasteiger partial charge on any atom is -0.497 e. The molecule has 0 saturated carbocycles. The van der Waals surface area contributed by atoms with Crippen molar-refractivity contribution in [2.45, 2.75) is 12.7 Å². The summed E-state index contributed by atoms with van der Waals surface area (Å²) in [5.41, 5.74) is 5.11. The zero-order chi connectivity index (χ0) is 21.2. The maximum Gasteiger partial charge on any atom is 0.251 e. The molecule has 0 saturated heterocycles. The standard InChI is InChI=1S/C26H27NO2S/c1-20-7-6-8-22(17-20)19-30-16-15-27-26(28)25(23-9-4-3-5-10-23)18-21-11-13-24(29-2)14-12-21/h3-14,17-18H,15-16,19H2,1-2H3,(H,27,28)/b25-18+. The van der Waals surface area contributed by atoms with Gasteiger partial charge in [0.05, 0.1) is 7.11 Å². The Kier molecular flexibility index (Phi) is 8.16. The molecule has 0 spiro atoms. The Bertz CT molecular complexity index is 981. The molecule has 0 atom stereocenters. The van der Waals surface area contributed by atoms with Crippen molar-refractivity contribution >= 4 is 29.3 Å². The molecule has 0 unspecified atom stereocenters. The fourth-order valence-corrected chi connectivity index (χ4v) is 3.89. The van der Waals surface area contributed by atoms with Gasteiger partial charge in [-0.3, -0.25) is 4.79 Å². The molecule has 0 fully saturated rings. The van der Waals surface area contributed by atoms with Gasteiger partial charge in [-0.25, -0.2) is 0 Å². The van der Waals surface area contributed by atoms with Crippen molar-refractivity contribution in [3.63, 3.8) is 0 Å². The highest BCUT2D eigenvalue weighted by molar-refractivity contribution is 7.98. The van der Waals surface area contributed by atoms with Crippen LogP contribution in [0.1, 0.15) is 22.3 Å². The number of methoxy groups -OCH3 is 1. The van der Waals surface area contributed by atoms with E-state index in [9.17, 15) is 4.79 Å².